The highest BCUT2D eigenvalue weighted by molar-refractivity contribution is 6.30. The lowest BCUT2D eigenvalue weighted by Crippen LogP contribution is -2.24. The summed E-state index contributed by atoms with van der Waals surface area (Å²) in [5, 5.41) is 0. The topological polar surface area (TPSA) is 65.4 Å². The number of ketones is 2. The normalized spacial score (nSPS) is 12.6. The van der Waals surface area contributed by atoms with Gasteiger partial charge in [0.25, 0.3) is 0 Å². The molecule has 2 aromatic rings. The van der Waals surface area contributed by atoms with Gasteiger partial charge in [-0.15, -0.1) is 6.58 Å². The van der Waals surface area contributed by atoms with Crippen molar-refractivity contribution in [3.05, 3.63) is 70.6 Å². The predicted octanol–water partition coefficient (Wildman–Crippen LogP) is 2.93. The molecule has 0 saturated carbocycles. The molecule has 5 heteroatoms. The van der Waals surface area contributed by atoms with Gasteiger partial charge in [0.1, 0.15) is 5.69 Å². The fourth-order valence-corrected chi connectivity index (χ4v) is 3.15. The van der Waals surface area contributed by atoms with E-state index < -0.39 is 5.97 Å². The third-order valence-corrected chi connectivity index (χ3v) is 4.17. The minimum Gasteiger partial charge on any atom is -0.462 e. The molecule has 0 spiro atoms. The van der Waals surface area contributed by atoms with E-state index in [0.29, 0.717) is 23.4 Å². The standard InChI is InChI=1S/C19H17NO4/c1-4-10-20-11(3)14(19(23)24-5-2)15-16(20)18(22)13-9-7-6-8-12(13)17(15)21/h4,6-9H,1,5,10H2,2-3H3. The first-order valence-corrected chi connectivity index (χ1v) is 7.72. The number of carbonyl (C=O) groups excluding carboxylic acids is 3. The molecule has 0 radical (unpaired) electrons. The minimum atomic E-state index is -0.588. The number of nitrogens with zero attached hydrogens (tertiary/aromatic N) is 1. The summed E-state index contributed by atoms with van der Waals surface area (Å²) in [6.07, 6.45) is 1.63. The van der Waals surface area contributed by atoms with Crippen LogP contribution in [0.3, 0.4) is 0 Å². The molecule has 24 heavy (non-hydrogen) atoms. The summed E-state index contributed by atoms with van der Waals surface area (Å²) in [5.41, 5.74) is 1.74. The number of ether oxygens (including phenoxy) is 1. The van der Waals surface area contributed by atoms with Crippen LogP contribution in [0.4, 0.5) is 0 Å². The predicted molar refractivity (Wildman–Crippen MR) is 88.6 cm³/mol. The minimum absolute atomic E-state index is 0.136. The van der Waals surface area contributed by atoms with Crippen LogP contribution in [0.5, 0.6) is 0 Å². The molecular weight excluding hydrogens is 306 g/mol. The van der Waals surface area contributed by atoms with E-state index in [1.54, 1.807) is 48.8 Å². The van der Waals surface area contributed by atoms with E-state index in [4.69, 9.17) is 4.74 Å². The smallest absolute Gasteiger partial charge is 0.340 e. The number of rotatable bonds is 4. The number of benzene rings is 1. The number of aromatic nitrogens is 1. The van der Waals surface area contributed by atoms with Crippen LogP contribution in [0.25, 0.3) is 0 Å². The molecule has 0 atom stereocenters. The summed E-state index contributed by atoms with van der Waals surface area (Å²) in [7, 11) is 0. The molecule has 0 N–H and O–H groups in total. The molecule has 5 nitrogen and oxygen atoms in total. The van der Waals surface area contributed by atoms with Crippen LogP contribution in [-0.2, 0) is 11.3 Å². The van der Waals surface area contributed by atoms with Crippen molar-refractivity contribution in [2.45, 2.75) is 20.4 Å². The molecule has 1 aromatic carbocycles. The molecule has 0 aliphatic heterocycles. The van der Waals surface area contributed by atoms with Crippen LogP contribution >= 0.6 is 0 Å². The molecule has 1 aliphatic rings. The van der Waals surface area contributed by atoms with E-state index >= 15 is 0 Å². The number of fused-ring (bicyclic) bond motifs is 2. The fourth-order valence-electron chi connectivity index (χ4n) is 3.15. The van der Waals surface area contributed by atoms with Gasteiger partial charge in [0.05, 0.1) is 17.7 Å². The maximum absolute atomic E-state index is 13.0. The second-order valence-electron chi connectivity index (χ2n) is 5.51. The Kier molecular flexibility index (Phi) is 3.93. The summed E-state index contributed by atoms with van der Waals surface area (Å²) in [6.45, 7) is 7.62. The Hall–Kier alpha value is -2.95. The molecule has 0 fully saturated rings. The molecule has 0 saturated heterocycles. The quantitative estimate of drug-likeness (QED) is 0.547. The second-order valence-corrected chi connectivity index (χ2v) is 5.51. The molecule has 0 unspecified atom stereocenters. The van der Waals surface area contributed by atoms with Gasteiger partial charge in [0.2, 0.25) is 5.78 Å². The van der Waals surface area contributed by atoms with Gasteiger partial charge in [-0.25, -0.2) is 4.79 Å². The van der Waals surface area contributed by atoms with Crippen molar-refractivity contribution >= 4 is 17.5 Å². The first-order chi connectivity index (χ1) is 11.5. The average Bonchev–Trinajstić information content (AvgIpc) is 2.87. The molecule has 0 amide bonds. The van der Waals surface area contributed by atoms with Gasteiger partial charge in [0, 0.05) is 23.4 Å². The van der Waals surface area contributed by atoms with Crippen LogP contribution in [0, 0.1) is 6.92 Å². The van der Waals surface area contributed by atoms with E-state index in [1.165, 1.54) is 0 Å². The Morgan fingerprint density at radius 3 is 2.42 bits per heavy atom. The molecule has 122 valence electrons. The van der Waals surface area contributed by atoms with Gasteiger partial charge in [0.15, 0.2) is 5.78 Å². The van der Waals surface area contributed by atoms with Gasteiger partial charge < -0.3 is 9.30 Å². The number of hydrogen-bond donors (Lipinski definition) is 0. The first kappa shape index (κ1) is 15.9. The lowest BCUT2D eigenvalue weighted by atomic mass is 9.86. The zero-order valence-electron chi connectivity index (χ0n) is 13.6. The lowest BCUT2D eigenvalue weighted by Gasteiger charge is -2.17. The highest BCUT2D eigenvalue weighted by Crippen LogP contribution is 2.33. The van der Waals surface area contributed by atoms with E-state index in [0.717, 1.165) is 0 Å². The monoisotopic (exact) mass is 323 g/mol. The Morgan fingerprint density at radius 1 is 1.21 bits per heavy atom. The van der Waals surface area contributed by atoms with Crippen LogP contribution in [0.15, 0.2) is 36.9 Å². The van der Waals surface area contributed by atoms with Crippen molar-refractivity contribution in [1.82, 2.24) is 4.57 Å². The lowest BCUT2D eigenvalue weighted by molar-refractivity contribution is 0.0522. The van der Waals surface area contributed by atoms with Crippen molar-refractivity contribution in [2.75, 3.05) is 6.61 Å². The van der Waals surface area contributed by atoms with Crippen LogP contribution < -0.4 is 0 Å². The van der Waals surface area contributed by atoms with E-state index in [2.05, 4.69) is 6.58 Å². The molecule has 1 aliphatic carbocycles. The molecular formula is C19H17NO4. The van der Waals surface area contributed by atoms with Gasteiger partial charge >= 0.3 is 5.97 Å². The zero-order chi connectivity index (χ0) is 17.4. The first-order valence-electron chi connectivity index (χ1n) is 7.72. The van der Waals surface area contributed by atoms with Crippen molar-refractivity contribution in [2.24, 2.45) is 0 Å². The largest absolute Gasteiger partial charge is 0.462 e. The number of allylic oxidation sites excluding steroid dienone is 1. The van der Waals surface area contributed by atoms with Gasteiger partial charge in [-0.3, -0.25) is 9.59 Å². The number of esters is 1. The Balaban J connectivity index is 2.34. The van der Waals surface area contributed by atoms with Crippen molar-refractivity contribution in [3.8, 4) is 0 Å². The van der Waals surface area contributed by atoms with E-state index in [9.17, 15) is 14.4 Å². The highest BCUT2D eigenvalue weighted by Gasteiger charge is 2.38. The average molecular weight is 323 g/mol. The van der Waals surface area contributed by atoms with E-state index in [-0.39, 0.29) is 35.0 Å². The van der Waals surface area contributed by atoms with Gasteiger partial charge in [-0.1, -0.05) is 30.3 Å². The highest BCUT2D eigenvalue weighted by atomic mass is 16.5. The van der Waals surface area contributed by atoms with Crippen molar-refractivity contribution < 1.29 is 19.1 Å². The molecule has 1 aromatic heterocycles. The Bertz CT molecular complexity index is 889. The molecule has 0 bridgehead atoms. The number of hydrogen-bond acceptors (Lipinski definition) is 4. The van der Waals surface area contributed by atoms with E-state index in [1.807, 2.05) is 0 Å². The van der Waals surface area contributed by atoms with Crippen LogP contribution in [0.2, 0.25) is 0 Å². The zero-order valence-corrected chi connectivity index (χ0v) is 13.6. The Labute approximate surface area is 139 Å². The summed E-state index contributed by atoms with van der Waals surface area (Å²) in [4.78, 5) is 38.3. The Morgan fingerprint density at radius 2 is 1.83 bits per heavy atom. The fraction of sp³-hybridized carbons (Fsp3) is 0.211. The summed E-state index contributed by atoms with van der Waals surface area (Å²) < 4.78 is 6.75. The van der Waals surface area contributed by atoms with Crippen molar-refractivity contribution in [3.63, 3.8) is 0 Å². The molecule has 1 heterocycles. The van der Waals surface area contributed by atoms with Crippen molar-refractivity contribution in [1.29, 1.82) is 0 Å². The summed E-state index contributed by atoms with van der Waals surface area (Å²) in [5.74, 6) is -1.18. The third kappa shape index (κ3) is 2.12. The van der Waals surface area contributed by atoms with Crippen LogP contribution in [0.1, 0.15) is 54.9 Å². The summed E-state index contributed by atoms with van der Waals surface area (Å²) in [6, 6.07) is 6.65. The maximum atomic E-state index is 13.0. The number of carbonyl (C=O) groups is 3. The SMILES string of the molecule is C=CCn1c(C)c(C(=O)OCC)c2c1C(=O)c1ccccc1C2=O. The van der Waals surface area contributed by atoms with Gasteiger partial charge in [-0.05, 0) is 13.8 Å². The maximum Gasteiger partial charge on any atom is 0.340 e. The second kappa shape index (κ2) is 5.92. The van der Waals surface area contributed by atoms with Crippen LogP contribution in [-0.4, -0.2) is 28.7 Å². The molecule has 3 rings (SSSR count). The third-order valence-electron chi connectivity index (χ3n) is 4.17. The summed E-state index contributed by atoms with van der Waals surface area (Å²) >= 11 is 0. The van der Waals surface area contributed by atoms with Gasteiger partial charge in [-0.2, -0.15) is 0 Å².